The number of carbonyl (C=O) groups excluding carboxylic acids is 1. The van der Waals surface area contributed by atoms with Gasteiger partial charge in [0.2, 0.25) is 0 Å². The van der Waals surface area contributed by atoms with Gasteiger partial charge in [-0.1, -0.05) is 12.1 Å². The van der Waals surface area contributed by atoms with Crippen LogP contribution in [0.2, 0.25) is 0 Å². The van der Waals surface area contributed by atoms with Crippen LogP contribution in [-0.4, -0.2) is 29.1 Å². The number of rotatable bonds is 3. The lowest BCUT2D eigenvalue weighted by molar-refractivity contribution is -0.139. The first-order valence-electron chi connectivity index (χ1n) is 5.48. The third kappa shape index (κ3) is 2.47. The Bertz CT molecular complexity index is 717. The SMILES string of the molecule is COC(=O)Cc1cc2cccc(C(=O)O)c2[nH]c1=O. The van der Waals surface area contributed by atoms with Crippen LogP contribution in [0.3, 0.4) is 0 Å². The van der Waals surface area contributed by atoms with Gasteiger partial charge in [-0.25, -0.2) is 4.79 Å². The van der Waals surface area contributed by atoms with Crippen molar-refractivity contribution in [1.29, 1.82) is 0 Å². The third-order valence-corrected chi connectivity index (χ3v) is 2.75. The number of carbonyl (C=O) groups is 2. The lowest BCUT2D eigenvalue weighted by Gasteiger charge is -2.05. The predicted octanol–water partition coefficient (Wildman–Crippen LogP) is 0.942. The predicted molar refractivity (Wildman–Crippen MR) is 67.2 cm³/mol. The monoisotopic (exact) mass is 261 g/mol. The van der Waals surface area contributed by atoms with E-state index in [4.69, 9.17) is 5.11 Å². The molecule has 0 aliphatic heterocycles. The number of methoxy groups -OCH3 is 1. The van der Waals surface area contributed by atoms with Crippen molar-refractivity contribution in [2.75, 3.05) is 7.11 Å². The van der Waals surface area contributed by atoms with Gasteiger partial charge < -0.3 is 14.8 Å². The molecule has 1 aromatic heterocycles. The average Bonchev–Trinajstić information content (AvgIpc) is 2.38. The number of pyridine rings is 1. The molecule has 6 nitrogen and oxygen atoms in total. The molecule has 0 saturated carbocycles. The number of ether oxygens (including phenoxy) is 1. The summed E-state index contributed by atoms with van der Waals surface area (Å²) in [5.74, 6) is -1.65. The summed E-state index contributed by atoms with van der Waals surface area (Å²) in [4.78, 5) is 36.5. The van der Waals surface area contributed by atoms with Gasteiger partial charge in [0.05, 0.1) is 24.6 Å². The topological polar surface area (TPSA) is 96.5 Å². The van der Waals surface area contributed by atoms with E-state index >= 15 is 0 Å². The van der Waals surface area contributed by atoms with E-state index in [1.165, 1.54) is 19.2 Å². The quantitative estimate of drug-likeness (QED) is 0.801. The van der Waals surface area contributed by atoms with Crippen LogP contribution >= 0.6 is 0 Å². The van der Waals surface area contributed by atoms with Crippen molar-refractivity contribution >= 4 is 22.8 Å². The number of para-hydroxylation sites is 1. The second-order valence-electron chi connectivity index (χ2n) is 3.95. The van der Waals surface area contributed by atoms with Gasteiger partial charge in [-0.05, 0) is 17.5 Å². The van der Waals surface area contributed by atoms with Gasteiger partial charge in [0.1, 0.15) is 0 Å². The Kier molecular flexibility index (Phi) is 3.33. The molecule has 0 amide bonds. The molecule has 0 bridgehead atoms. The number of aromatic carboxylic acids is 1. The second kappa shape index (κ2) is 4.93. The van der Waals surface area contributed by atoms with Crippen LogP contribution in [0.1, 0.15) is 15.9 Å². The zero-order chi connectivity index (χ0) is 14.0. The summed E-state index contributed by atoms with van der Waals surface area (Å²) in [5.41, 5.74) is 0.00122. The van der Waals surface area contributed by atoms with Crippen molar-refractivity contribution in [3.05, 3.63) is 45.7 Å². The molecule has 1 heterocycles. The Morgan fingerprint density at radius 3 is 2.74 bits per heavy atom. The average molecular weight is 261 g/mol. The Morgan fingerprint density at radius 2 is 2.11 bits per heavy atom. The molecule has 0 atom stereocenters. The van der Waals surface area contributed by atoms with E-state index in [0.717, 1.165) is 0 Å². The van der Waals surface area contributed by atoms with Crippen LogP contribution in [0.25, 0.3) is 10.9 Å². The number of aromatic nitrogens is 1. The van der Waals surface area contributed by atoms with E-state index < -0.39 is 17.5 Å². The van der Waals surface area contributed by atoms with E-state index in [-0.39, 0.29) is 23.1 Å². The van der Waals surface area contributed by atoms with Crippen molar-refractivity contribution in [1.82, 2.24) is 4.98 Å². The molecule has 0 saturated heterocycles. The third-order valence-electron chi connectivity index (χ3n) is 2.75. The molecule has 2 N–H and O–H groups in total. The maximum Gasteiger partial charge on any atom is 0.337 e. The molecular formula is C13H11NO5. The zero-order valence-electron chi connectivity index (χ0n) is 10.1. The van der Waals surface area contributed by atoms with Gasteiger partial charge in [0.25, 0.3) is 5.56 Å². The molecule has 0 radical (unpaired) electrons. The molecule has 0 spiro atoms. The minimum atomic E-state index is -1.12. The molecule has 1 aromatic carbocycles. The minimum Gasteiger partial charge on any atom is -0.478 e. The van der Waals surface area contributed by atoms with Crippen LogP contribution in [0.4, 0.5) is 0 Å². The van der Waals surface area contributed by atoms with Gasteiger partial charge in [-0.3, -0.25) is 9.59 Å². The maximum absolute atomic E-state index is 11.8. The fraction of sp³-hybridized carbons (Fsp3) is 0.154. The smallest absolute Gasteiger partial charge is 0.337 e. The number of carboxylic acid groups (broad SMARTS) is 1. The number of hydrogen-bond acceptors (Lipinski definition) is 4. The lowest BCUT2D eigenvalue weighted by atomic mass is 10.1. The molecule has 0 unspecified atom stereocenters. The van der Waals surface area contributed by atoms with E-state index in [1.807, 2.05) is 0 Å². The summed E-state index contributed by atoms with van der Waals surface area (Å²) in [6.45, 7) is 0. The number of carboxylic acids is 1. The number of H-pyrrole nitrogens is 1. The number of benzene rings is 1. The van der Waals surface area contributed by atoms with Crippen molar-refractivity contribution in [2.24, 2.45) is 0 Å². The molecular weight excluding hydrogens is 250 g/mol. The molecule has 2 rings (SSSR count). The highest BCUT2D eigenvalue weighted by atomic mass is 16.5. The van der Waals surface area contributed by atoms with Gasteiger partial charge in [0.15, 0.2) is 0 Å². The number of nitrogens with one attached hydrogen (secondary N) is 1. The van der Waals surface area contributed by atoms with Gasteiger partial charge >= 0.3 is 11.9 Å². The van der Waals surface area contributed by atoms with Gasteiger partial charge in [-0.2, -0.15) is 0 Å². The van der Waals surface area contributed by atoms with Crippen molar-refractivity contribution in [3.63, 3.8) is 0 Å². The summed E-state index contributed by atoms with van der Waals surface area (Å²) in [5, 5.41) is 9.58. The Hall–Kier alpha value is -2.63. The molecule has 2 aromatic rings. The Balaban J connectivity index is 2.62. The largest absolute Gasteiger partial charge is 0.478 e. The number of aromatic amines is 1. The van der Waals surface area contributed by atoms with E-state index in [0.29, 0.717) is 5.39 Å². The normalized spacial score (nSPS) is 10.4. The molecule has 98 valence electrons. The van der Waals surface area contributed by atoms with Crippen LogP contribution in [-0.2, 0) is 16.0 Å². The van der Waals surface area contributed by atoms with Crippen molar-refractivity contribution in [3.8, 4) is 0 Å². The molecule has 0 aliphatic carbocycles. The molecule has 6 heteroatoms. The van der Waals surface area contributed by atoms with E-state index in [1.54, 1.807) is 12.1 Å². The number of hydrogen-bond donors (Lipinski definition) is 2. The first-order chi connectivity index (χ1) is 9.02. The van der Waals surface area contributed by atoms with Crippen LogP contribution in [0.15, 0.2) is 29.1 Å². The van der Waals surface area contributed by atoms with Crippen molar-refractivity contribution < 1.29 is 19.4 Å². The van der Waals surface area contributed by atoms with Gasteiger partial charge in [0, 0.05) is 5.56 Å². The number of esters is 1. The minimum absolute atomic E-state index is 0.0132. The Morgan fingerprint density at radius 1 is 1.37 bits per heavy atom. The maximum atomic E-state index is 11.8. The van der Waals surface area contributed by atoms with Crippen molar-refractivity contribution in [2.45, 2.75) is 6.42 Å². The summed E-state index contributed by atoms with van der Waals surface area (Å²) in [6.07, 6.45) is -0.154. The van der Waals surface area contributed by atoms with E-state index in [2.05, 4.69) is 9.72 Å². The van der Waals surface area contributed by atoms with Crippen LogP contribution in [0, 0.1) is 0 Å². The van der Waals surface area contributed by atoms with Crippen LogP contribution < -0.4 is 5.56 Å². The first kappa shape index (κ1) is 12.8. The van der Waals surface area contributed by atoms with Crippen LogP contribution in [0.5, 0.6) is 0 Å². The zero-order valence-corrected chi connectivity index (χ0v) is 10.1. The number of fused-ring (bicyclic) bond motifs is 1. The Labute approximate surface area is 107 Å². The van der Waals surface area contributed by atoms with Gasteiger partial charge in [-0.15, -0.1) is 0 Å². The molecule has 0 fully saturated rings. The molecule has 19 heavy (non-hydrogen) atoms. The van der Waals surface area contributed by atoms with E-state index in [9.17, 15) is 14.4 Å². The first-order valence-corrected chi connectivity index (χ1v) is 5.48. The highest BCUT2D eigenvalue weighted by Crippen LogP contribution is 2.16. The second-order valence-corrected chi connectivity index (χ2v) is 3.95. The summed E-state index contributed by atoms with van der Waals surface area (Å²) < 4.78 is 4.50. The highest BCUT2D eigenvalue weighted by molar-refractivity contribution is 6.01. The highest BCUT2D eigenvalue weighted by Gasteiger charge is 2.12. The standard InChI is InChI=1S/C13H11NO5/c1-19-10(15)6-8-5-7-3-2-4-9(13(17)18)11(7)14-12(8)16/h2-5H,6H2,1H3,(H,14,16)(H,17,18). The molecule has 0 aliphatic rings. The summed E-state index contributed by atoms with van der Waals surface area (Å²) in [6, 6.07) is 6.14. The summed E-state index contributed by atoms with van der Waals surface area (Å²) in [7, 11) is 1.24. The fourth-order valence-electron chi connectivity index (χ4n) is 1.81. The lowest BCUT2D eigenvalue weighted by Crippen LogP contribution is -2.18. The summed E-state index contributed by atoms with van der Waals surface area (Å²) >= 11 is 0. The fourth-order valence-corrected chi connectivity index (χ4v) is 1.81.